The molecule has 1 unspecified atom stereocenters. The van der Waals surface area contributed by atoms with Crippen molar-refractivity contribution in [2.45, 2.75) is 6.10 Å². The van der Waals surface area contributed by atoms with Gasteiger partial charge in [0.25, 0.3) is 0 Å². The summed E-state index contributed by atoms with van der Waals surface area (Å²) in [5.41, 5.74) is 1.92. The molecular formula is C11H9IOS. The van der Waals surface area contributed by atoms with Gasteiger partial charge in [0.2, 0.25) is 0 Å². The van der Waals surface area contributed by atoms with Gasteiger partial charge in [-0.05, 0) is 45.2 Å². The van der Waals surface area contributed by atoms with Crippen LogP contribution < -0.4 is 0 Å². The lowest BCUT2D eigenvalue weighted by atomic mass is 10.1. The van der Waals surface area contributed by atoms with Gasteiger partial charge in [-0.3, -0.25) is 0 Å². The Morgan fingerprint density at radius 2 is 1.86 bits per heavy atom. The first-order valence-electron chi connectivity index (χ1n) is 4.24. The van der Waals surface area contributed by atoms with Gasteiger partial charge in [0.05, 0.1) is 2.88 Å². The Morgan fingerprint density at radius 3 is 2.43 bits per heavy atom. The third kappa shape index (κ3) is 2.16. The average Bonchev–Trinajstić information content (AvgIpc) is 2.65. The summed E-state index contributed by atoms with van der Waals surface area (Å²) < 4.78 is 1.20. The summed E-state index contributed by atoms with van der Waals surface area (Å²) in [6.45, 7) is 0. The predicted octanol–water partition coefficient (Wildman–Crippen LogP) is 3.43. The molecule has 14 heavy (non-hydrogen) atoms. The Kier molecular flexibility index (Phi) is 3.20. The van der Waals surface area contributed by atoms with Crippen LogP contribution in [0, 0.1) is 2.88 Å². The Hall–Kier alpha value is -0.390. The van der Waals surface area contributed by atoms with Gasteiger partial charge in [0.1, 0.15) is 6.10 Å². The topological polar surface area (TPSA) is 20.2 Å². The monoisotopic (exact) mass is 316 g/mol. The molecule has 0 fully saturated rings. The molecule has 1 atom stereocenters. The fourth-order valence-corrected chi connectivity index (χ4v) is 2.69. The van der Waals surface area contributed by atoms with Crippen LogP contribution in [0.3, 0.4) is 0 Å². The van der Waals surface area contributed by atoms with Crippen molar-refractivity contribution in [1.82, 2.24) is 0 Å². The van der Waals surface area contributed by atoms with E-state index in [2.05, 4.69) is 22.6 Å². The van der Waals surface area contributed by atoms with E-state index in [-0.39, 0.29) is 0 Å². The fraction of sp³-hybridized carbons (Fsp3) is 0.0909. The number of benzene rings is 1. The maximum absolute atomic E-state index is 10.0. The maximum Gasteiger partial charge on any atom is 0.105 e. The molecule has 0 saturated heterocycles. The van der Waals surface area contributed by atoms with Gasteiger partial charge >= 0.3 is 0 Å². The molecule has 0 saturated carbocycles. The van der Waals surface area contributed by atoms with Crippen molar-refractivity contribution in [1.29, 1.82) is 0 Å². The molecule has 0 spiro atoms. The third-order valence-corrected chi connectivity index (χ3v) is 3.83. The summed E-state index contributed by atoms with van der Waals surface area (Å²) in [4.78, 5) is 0. The molecular weight excluding hydrogens is 307 g/mol. The SMILES string of the molecule is OC(c1ccccc1)c1csc(I)c1. The van der Waals surface area contributed by atoms with E-state index in [1.807, 2.05) is 41.8 Å². The molecule has 1 aromatic heterocycles. The predicted molar refractivity (Wildman–Crippen MR) is 67.5 cm³/mol. The van der Waals surface area contributed by atoms with Gasteiger partial charge < -0.3 is 5.11 Å². The molecule has 1 aromatic carbocycles. The molecule has 1 nitrogen and oxygen atoms in total. The van der Waals surface area contributed by atoms with Crippen molar-refractivity contribution in [2.24, 2.45) is 0 Å². The maximum atomic E-state index is 10.0. The second-order valence-electron chi connectivity index (χ2n) is 3.00. The number of aliphatic hydroxyl groups is 1. The Balaban J connectivity index is 2.29. The van der Waals surface area contributed by atoms with Crippen LogP contribution in [0.25, 0.3) is 0 Å². The van der Waals surface area contributed by atoms with Crippen molar-refractivity contribution < 1.29 is 5.11 Å². The quantitative estimate of drug-likeness (QED) is 0.842. The largest absolute Gasteiger partial charge is 0.384 e. The first-order chi connectivity index (χ1) is 6.77. The molecule has 1 N–H and O–H groups in total. The van der Waals surface area contributed by atoms with Crippen molar-refractivity contribution in [2.75, 3.05) is 0 Å². The van der Waals surface area contributed by atoms with Crippen LogP contribution in [0.4, 0.5) is 0 Å². The van der Waals surface area contributed by atoms with E-state index in [0.29, 0.717) is 0 Å². The summed E-state index contributed by atoms with van der Waals surface area (Å²) in [5.74, 6) is 0. The highest BCUT2D eigenvalue weighted by Gasteiger charge is 2.10. The number of halogens is 1. The van der Waals surface area contributed by atoms with Crippen LogP contribution in [0.2, 0.25) is 0 Å². The Labute approximate surface area is 101 Å². The first-order valence-corrected chi connectivity index (χ1v) is 6.20. The molecule has 3 heteroatoms. The molecule has 0 aliphatic rings. The smallest absolute Gasteiger partial charge is 0.105 e. The van der Waals surface area contributed by atoms with Gasteiger partial charge in [-0.2, -0.15) is 0 Å². The van der Waals surface area contributed by atoms with Crippen molar-refractivity contribution >= 4 is 33.9 Å². The molecule has 2 rings (SSSR count). The van der Waals surface area contributed by atoms with Crippen LogP contribution in [0.15, 0.2) is 41.8 Å². The van der Waals surface area contributed by atoms with Gasteiger partial charge in [-0.15, -0.1) is 11.3 Å². The summed E-state index contributed by atoms with van der Waals surface area (Å²) in [5, 5.41) is 12.0. The fourth-order valence-electron chi connectivity index (χ4n) is 1.29. The van der Waals surface area contributed by atoms with Crippen LogP contribution in [-0.2, 0) is 0 Å². The van der Waals surface area contributed by atoms with Gasteiger partial charge in [0.15, 0.2) is 0 Å². The lowest BCUT2D eigenvalue weighted by Crippen LogP contribution is -1.96. The van der Waals surface area contributed by atoms with E-state index >= 15 is 0 Å². The molecule has 0 amide bonds. The molecule has 0 aliphatic carbocycles. The van der Waals surface area contributed by atoms with Crippen LogP contribution >= 0.6 is 33.9 Å². The number of hydrogen-bond donors (Lipinski definition) is 1. The highest BCUT2D eigenvalue weighted by Crippen LogP contribution is 2.26. The minimum Gasteiger partial charge on any atom is -0.384 e. The second-order valence-corrected chi connectivity index (χ2v) is 5.80. The Morgan fingerprint density at radius 1 is 1.14 bits per heavy atom. The Bertz CT molecular complexity index is 410. The average molecular weight is 316 g/mol. The molecule has 0 bridgehead atoms. The highest BCUT2D eigenvalue weighted by atomic mass is 127. The van der Waals surface area contributed by atoms with Gasteiger partial charge in [-0.25, -0.2) is 0 Å². The lowest BCUT2D eigenvalue weighted by Gasteiger charge is -2.08. The van der Waals surface area contributed by atoms with E-state index in [9.17, 15) is 5.11 Å². The normalized spacial score (nSPS) is 12.7. The number of rotatable bonds is 2. The zero-order valence-corrected chi connectivity index (χ0v) is 10.3. The van der Waals surface area contributed by atoms with Crippen molar-refractivity contribution in [3.8, 4) is 0 Å². The van der Waals surface area contributed by atoms with Gasteiger partial charge in [0, 0.05) is 0 Å². The zero-order valence-electron chi connectivity index (χ0n) is 7.35. The first kappa shape index (κ1) is 10.1. The highest BCUT2D eigenvalue weighted by molar-refractivity contribution is 14.1. The van der Waals surface area contributed by atoms with E-state index in [1.54, 1.807) is 11.3 Å². The van der Waals surface area contributed by atoms with Crippen LogP contribution in [-0.4, -0.2) is 5.11 Å². The summed E-state index contributed by atoms with van der Waals surface area (Å²) in [7, 11) is 0. The van der Waals surface area contributed by atoms with E-state index in [1.165, 1.54) is 2.88 Å². The molecule has 1 heterocycles. The standard InChI is InChI=1S/C11H9IOS/c12-10-6-9(7-14-10)11(13)8-4-2-1-3-5-8/h1-7,11,13H. The van der Waals surface area contributed by atoms with E-state index in [4.69, 9.17) is 0 Å². The minimum absolute atomic E-state index is 0.490. The second kappa shape index (κ2) is 4.42. The molecule has 2 aromatic rings. The number of thiophene rings is 1. The van der Waals surface area contributed by atoms with Crippen molar-refractivity contribution in [3.63, 3.8) is 0 Å². The minimum atomic E-state index is -0.490. The molecule has 72 valence electrons. The van der Waals surface area contributed by atoms with E-state index in [0.717, 1.165) is 11.1 Å². The zero-order chi connectivity index (χ0) is 9.97. The van der Waals surface area contributed by atoms with Gasteiger partial charge in [-0.1, -0.05) is 30.3 Å². The van der Waals surface area contributed by atoms with Crippen LogP contribution in [0.1, 0.15) is 17.2 Å². The molecule has 0 aliphatic heterocycles. The summed E-state index contributed by atoms with van der Waals surface area (Å²) in [6, 6.07) is 11.7. The summed E-state index contributed by atoms with van der Waals surface area (Å²) >= 11 is 3.91. The number of aliphatic hydroxyl groups excluding tert-OH is 1. The van der Waals surface area contributed by atoms with E-state index < -0.39 is 6.10 Å². The van der Waals surface area contributed by atoms with Crippen molar-refractivity contribution in [3.05, 3.63) is 55.8 Å². The molecule has 0 radical (unpaired) electrons. The summed E-state index contributed by atoms with van der Waals surface area (Å²) in [6.07, 6.45) is -0.490. The number of hydrogen-bond acceptors (Lipinski definition) is 2. The third-order valence-electron chi connectivity index (χ3n) is 2.02. The van der Waals surface area contributed by atoms with Crippen LogP contribution in [0.5, 0.6) is 0 Å². The lowest BCUT2D eigenvalue weighted by molar-refractivity contribution is 0.221.